The number of rotatable bonds is 13. The molecule has 1 aromatic heterocycles. The van der Waals surface area contributed by atoms with Crippen molar-refractivity contribution < 1.29 is 50.5 Å². The monoisotopic (exact) mass is 690 g/mol. The van der Waals surface area contributed by atoms with Crippen LogP contribution in [-0.4, -0.2) is 67.2 Å². The van der Waals surface area contributed by atoms with E-state index in [1.165, 1.54) is 31.3 Å². The zero-order valence-corrected chi connectivity index (χ0v) is 26.3. The van der Waals surface area contributed by atoms with Crippen LogP contribution in [0.1, 0.15) is 28.0 Å². The Morgan fingerprint density at radius 2 is 1.69 bits per heavy atom. The van der Waals surface area contributed by atoms with Gasteiger partial charge in [0.05, 0.1) is 47.0 Å². The molecule has 0 spiro atoms. The molecule has 3 aromatic carbocycles. The van der Waals surface area contributed by atoms with Crippen LogP contribution in [0.4, 0.5) is 18.0 Å². The molecular weight excluding hydrogens is 661 g/mol. The minimum atomic E-state index is -4.72. The molecule has 0 bridgehead atoms. The predicted octanol–water partition coefficient (Wildman–Crippen LogP) is 5.23. The Labute approximate surface area is 272 Å². The standard InChI is InChI=1S/C30H29F3N6O8S/c1-21-9-11-22(12-10-21)26-19-27(30(31,32)33)34-38(26)24-13-15-25(16-14-24)48(43,44)35-29(41)45-18-6-17-37(2)39(42)36-47-20-46-28(40)23-7-4-3-5-8-23/h3-5,7-16,19H,6,17-18,20H2,1-2H3,(H,35,41)/b39-36-. The fourth-order valence-electron chi connectivity index (χ4n) is 4.03. The topological polar surface area (TPSA) is 167 Å². The summed E-state index contributed by atoms with van der Waals surface area (Å²) in [6.45, 7) is 0.946. The van der Waals surface area contributed by atoms with E-state index in [0.29, 0.717) is 5.56 Å². The molecule has 0 saturated carbocycles. The quantitative estimate of drug-likeness (QED) is 0.0490. The van der Waals surface area contributed by atoms with E-state index in [1.54, 1.807) is 47.2 Å². The molecule has 4 aromatic rings. The summed E-state index contributed by atoms with van der Waals surface area (Å²) < 4.78 is 78.4. The number of esters is 1. The summed E-state index contributed by atoms with van der Waals surface area (Å²) in [5, 5.41) is 19.9. The highest BCUT2D eigenvalue weighted by atomic mass is 32.2. The third kappa shape index (κ3) is 9.44. The number of nitrogens with zero attached hydrogens (tertiary/aromatic N) is 5. The second kappa shape index (κ2) is 15.3. The Morgan fingerprint density at radius 1 is 1.02 bits per heavy atom. The lowest BCUT2D eigenvalue weighted by Crippen LogP contribution is -2.32. The number of hydrazine groups is 1. The van der Waals surface area contributed by atoms with Gasteiger partial charge in [0.2, 0.25) is 5.28 Å². The molecule has 0 aliphatic rings. The largest absolute Gasteiger partial charge is 0.569 e. The van der Waals surface area contributed by atoms with Gasteiger partial charge in [-0.1, -0.05) is 48.0 Å². The van der Waals surface area contributed by atoms with Crippen molar-refractivity contribution in [3.8, 4) is 16.9 Å². The van der Waals surface area contributed by atoms with Crippen LogP contribution in [0.3, 0.4) is 0 Å². The molecule has 1 amide bonds. The van der Waals surface area contributed by atoms with Gasteiger partial charge in [-0.2, -0.15) is 18.3 Å². The Bertz CT molecular complexity index is 1850. The highest BCUT2D eigenvalue weighted by molar-refractivity contribution is 7.90. The molecule has 0 radical (unpaired) electrons. The lowest BCUT2D eigenvalue weighted by atomic mass is 10.1. The van der Waals surface area contributed by atoms with Gasteiger partial charge in [0.1, 0.15) is 0 Å². The molecule has 18 heteroatoms. The van der Waals surface area contributed by atoms with E-state index >= 15 is 0 Å². The van der Waals surface area contributed by atoms with Crippen LogP contribution in [0.15, 0.2) is 95.1 Å². The lowest BCUT2D eigenvalue weighted by Gasteiger charge is -2.13. The molecule has 0 aliphatic heterocycles. The highest BCUT2D eigenvalue weighted by Crippen LogP contribution is 2.33. The first-order chi connectivity index (χ1) is 22.7. The summed E-state index contributed by atoms with van der Waals surface area (Å²) in [5.74, 6) is -0.671. The minimum Gasteiger partial charge on any atom is -0.569 e. The van der Waals surface area contributed by atoms with E-state index in [9.17, 15) is 36.4 Å². The van der Waals surface area contributed by atoms with E-state index in [1.807, 2.05) is 6.92 Å². The molecule has 1 heterocycles. The van der Waals surface area contributed by atoms with Crippen molar-refractivity contribution >= 4 is 22.1 Å². The molecule has 0 fully saturated rings. The number of hydrogen-bond donors (Lipinski definition) is 1. The summed E-state index contributed by atoms with van der Waals surface area (Å²) in [7, 11) is -3.07. The molecule has 14 nitrogen and oxygen atoms in total. The first-order valence-electron chi connectivity index (χ1n) is 14.0. The number of aryl methyl sites for hydroxylation is 1. The van der Waals surface area contributed by atoms with Gasteiger partial charge in [0.15, 0.2) is 5.69 Å². The second-order valence-electron chi connectivity index (χ2n) is 10.0. The smallest absolute Gasteiger partial charge is 0.435 e. The molecule has 254 valence electrons. The number of amides is 1. The van der Waals surface area contributed by atoms with Crippen LogP contribution in [-0.2, 0) is 30.5 Å². The highest BCUT2D eigenvalue weighted by Gasteiger charge is 2.35. The predicted molar refractivity (Wildman–Crippen MR) is 162 cm³/mol. The van der Waals surface area contributed by atoms with Gasteiger partial charge in [0.25, 0.3) is 16.8 Å². The number of benzene rings is 3. The molecule has 0 saturated heterocycles. The van der Waals surface area contributed by atoms with Gasteiger partial charge in [-0.15, -0.1) is 5.01 Å². The number of carbonyl (C=O) groups excluding carboxylic acids is 2. The fourth-order valence-corrected chi connectivity index (χ4v) is 4.92. The maximum absolute atomic E-state index is 13.5. The van der Waals surface area contributed by atoms with Gasteiger partial charge in [0, 0.05) is 12.0 Å². The van der Waals surface area contributed by atoms with Crippen LogP contribution < -0.4 is 4.72 Å². The van der Waals surface area contributed by atoms with E-state index in [-0.39, 0.29) is 46.4 Å². The Hall–Kier alpha value is -5.65. The van der Waals surface area contributed by atoms with E-state index in [0.717, 1.165) is 33.5 Å². The maximum Gasteiger partial charge on any atom is 0.435 e. The number of aromatic nitrogens is 2. The van der Waals surface area contributed by atoms with Crippen LogP contribution in [0, 0.1) is 12.1 Å². The molecule has 0 unspecified atom stereocenters. The average molecular weight is 691 g/mol. The third-order valence-electron chi connectivity index (χ3n) is 6.49. The van der Waals surface area contributed by atoms with Crippen LogP contribution in [0.25, 0.3) is 16.9 Å². The Kier molecular flexibility index (Phi) is 11.2. The molecular formula is C30H29F3N6O8S. The number of halogens is 3. The van der Waals surface area contributed by atoms with E-state index < -0.39 is 40.7 Å². The van der Waals surface area contributed by atoms with Crippen molar-refractivity contribution in [3.05, 3.63) is 107 Å². The molecule has 1 N–H and O–H groups in total. The van der Waals surface area contributed by atoms with E-state index in [2.05, 4.69) is 15.2 Å². The Balaban J connectivity index is 1.27. The molecule has 0 atom stereocenters. The van der Waals surface area contributed by atoms with Gasteiger partial charge in [-0.05, 0) is 49.4 Å². The number of alkyl halides is 3. The summed E-state index contributed by atoms with van der Waals surface area (Å²) in [6, 6.07) is 20.4. The van der Waals surface area contributed by atoms with E-state index in [4.69, 9.17) is 9.47 Å². The summed E-state index contributed by atoms with van der Waals surface area (Å²) >= 11 is 0. The van der Waals surface area contributed by atoms with Crippen LogP contribution >= 0.6 is 0 Å². The van der Waals surface area contributed by atoms with Crippen molar-refractivity contribution in [2.24, 2.45) is 5.28 Å². The number of sulfonamides is 1. The van der Waals surface area contributed by atoms with Crippen molar-refractivity contribution in [1.82, 2.24) is 19.5 Å². The van der Waals surface area contributed by atoms with Gasteiger partial charge in [-0.25, -0.2) is 27.4 Å². The van der Waals surface area contributed by atoms with Crippen molar-refractivity contribution in [1.29, 1.82) is 0 Å². The first kappa shape index (κ1) is 35.2. The molecule has 48 heavy (non-hydrogen) atoms. The van der Waals surface area contributed by atoms with Crippen molar-refractivity contribution in [3.63, 3.8) is 0 Å². The van der Waals surface area contributed by atoms with Gasteiger partial charge >= 0.3 is 18.2 Å². The lowest BCUT2D eigenvalue weighted by molar-refractivity contribution is -0.706. The molecule has 4 rings (SSSR count). The summed E-state index contributed by atoms with van der Waals surface area (Å²) in [5.41, 5.74) is 0.805. The van der Waals surface area contributed by atoms with Gasteiger partial charge < -0.3 is 19.5 Å². The van der Waals surface area contributed by atoms with Gasteiger partial charge in [-0.3, -0.25) is 0 Å². The maximum atomic E-state index is 13.5. The van der Waals surface area contributed by atoms with Crippen molar-refractivity contribution in [2.75, 3.05) is 27.0 Å². The Morgan fingerprint density at radius 3 is 2.33 bits per heavy atom. The number of carbonyl (C=O) groups is 2. The summed E-state index contributed by atoms with van der Waals surface area (Å²) in [6.07, 6.45) is -5.92. The summed E-state index contributed by atoms with van der Waals surface area (Å²) in [4.78, 5) is 28.3. The number of hydrogen-bond acceptors (Lipinski definition) is 10. The normalized spacial score (nSPS) is 11.9. The van der Waals surface area contributed by atoms with Crippen molar-refractivity contribution in [2.45, 2.75) is 24.4 Å². The second-order valence-corrected chi connectivity index (χ2v) is 11.7. The fraction of sp³-hybridized carbons (Fsp3) is 0.233. The third-order valence-corrected chi connectivity index (χ3v) is 7.82. The van der Waals surface area contributed by atoms with Crippen LogP contribution in [0.2, 0.25) is 0 Å². The zero-order valence-electron chi connectivity index (χ0n) is 25.5. The SMILES string of the molecule is Cc1ccc(-c2cc(C(F)(F)F)nn2-c2ccc(S(=O)(=O)NC(=O)OCCCN(C)/[N+]([O-])=N/OCOC(=O)c3ccccc3)cc2)cc1. The average Bonchev–Trinajstić information content (AvgIpc) is 3.52. The zero-order chi connectivity index (χ0) is 34.9. The number of ether oxygens (including phenoxy) is 2. The minimum absolute atomic E-state index is 0.00964. The molecule has 0 aliphatic carbocycles. The first-order valence-corrected chi connectivity index (χ1v) is 15.5. The number of nitrogens with one attached hydrogen (secondary N) is 1. The van der Waals surface area contributed by atoms with Crippen LogP contribution in [0.5, 0.6) is 0 Å².